The first-order valence-electron chi connectivity index (χ1n) is 6.25. The first-order valence-corrected chi connectivity index (χ1v) is 6.25. The molecule has 2 rings (SSSR count). The number of aromatic nitrogens is 4. The van der Waals surface area contributed by atoms with Crippen LogP contribution in [-0.4, -0.2) is 32.0 Å². The smallest absolute Gasteiger partial charge is 0.221 e. The second-order valence-electron chi connectivity index (χ2n) is 4.41. The van der Waals surface area contributed by atoms with Gasteiger partial charge in [0, 0.05) is 20.0 Å². The topological polar surface area (TPSA) is 64.7 Å². The summed E-state index contributed by atoms with van der Waals surface area (Å²) < 4.78 is 3.66. The van der Waals surface area contributed by atoms with Crippen molar-refractivity contribution in [2.24, 2.45) is 7.05 Å². The summed E-state index contributed by atoms with van der Waals surface area (Å²) >= 11 is 0. The van der Waals surface area contributed by atoms with Gasteiger partial charge < -0.3 is 5.32 Å². The standard InChI is InChI=1S/C12H19N5O/c1-4-6-13-11(18)5-7-17-12-9(2)15-16(3)10(12)8-14-17/h8H,4-7H2,1-3H3,(H,13,18). The van der Waals surface area contributed by atoms with Crippen LogP contribution in [0.5, 0.6) is 0 Å². The SMILES string of the molecule is CCCNC(=O)CCn1ncc2c1c(C)nn2C. The molecule has 0 aromatic carbocycles. The van der Waals surface area contributed by atoms with Crippen molar-refractivity contribution in [1.82, 2.24) is 24.9 Å². The van der Waals surface area contributed by atoms with E-state index in [1.807, 2.05) is 30.3 Å². The lowest BCUT2D eigenvalue weighted by molar-refractivity contribution is -0.121. The Hall–Kier alpha value is -1.85. The van der Waals surface area contributed by atoms with Crippen molar-refractivity contribution in [3.05, 3.63) is 11.9 Å². The van der Waals surface area contributed by atoms with Crippen molar-refractivity contribution in [2.45, 2.75) is 33.2 Å². The van der Waals surface area contributed by atoms with Crippen molar-refractivity contribution in [2.75, 3.05) is 6.54 Å². The number of carbonyl (C=O) groups excluding carboxylic acids is 1. The molecular formula is C12H19N5O. The molecule has 2 heterocycles. The Morgan fingerprint density at radius 1 is 1.50 bits per heavy atom. The quantitative estimate of drug-likeness (QED) is 0.859. The van der Waals surface area contributed by atoms with Crippen LogP contribution in [0.4, 0.5) is 0 Å². The van der Waals surface area contributed by atoms with Gasteiger partial charge in [-0.2, -0.15) is 10.2 Å². The van der Waals surface area contributed by atoms with Crippen molar-refractivity contribution in [3.63, 3.8) is 0 Å². The average molecular weight is 249 g/mol. The zero-order valence-corrected chi connectivity index (χ0v) is 11.1. The second-order valence-corrected chi connectivity index (χ2v) is 4.41. The summed E-state index contributed by atoms with van der Waals surface area (Å²) in [6.07, 6.45) is 3.20. The van der Waals surface area contributed by atoms with Crippen LogP contribution in [0, 0.1) is 6.92 Å². The fraction of sp³-hybridized carbons (Fsp3) is 0.583. The van der Waals surface area contributed by atoms with Crippen LogP contribution in [0.15, 0.2) is 6.20 Å². The van der Waals surface area contributed by atoms with Gasteiger partial charge in [-0.1, -0.05) is 6.92 Å². The van der Waals surface area contributed by atoms with Gasteiger partial charge in [0.2, 0.25) is 5.91 Å². The van der Waals surface area contributed by atoms with Crippen LogP contribution in [0.3, 0.4) is 0 Å². The Morgan fingerprint density at radius 3 is 3.00 bits per heavy atom. The third-order valence-corrected chi connectivity index (χ3v) is 2.93. The predicted molar refractivity (Wildman–Crippen MR) is 69.2 cm³/mol. The molecule has 0 aliphatic carbocycles. The average Bonchev–Trinajstić information content (AvgIpc) is 2.87. The molecule has 0 aliphatic heterocycles. The number of nitrogens with zero attached hydrogens (tertiary/aromatic N) is 4. The van der Waals surface area contributed by atoms with Gasteiger partial charge >= 0.3 is 0 Å². The van der Waals surface area contributed by atoms with E-state index in [1.54, 1.807) is 6.20 Å². The highest BCUT2D eigenvalue weighted by Crippen LogP contribution is 2.16. The molecule has 0 fully saturated rings. The molecule has 6 nitrogen and oxygen atoms in total. The lowest BCUT2D eigenvalue weighted by Gasteiger charge is -2.04. The lowest BCUT2D eigenvalue weighted by atomic mass is 10.3. The third kappa shape index (κ3) is 2.37. The minimum atomic E-state index is 0.0713. The molecule has 1 amide bonds. The summed E-state index contributed by atoms with van der Waals surface area (Å²) in [6.45, 7) is 5.32. The number of hydrogen-bond donors (Lipinski definition) is 1. The maximum absolute atomic E-state index is 11.6. The molecule has 18 heavy (non-hydrogen) atoms. The van der Waals surface area contributed by atoms with Crippen LogP contribution >= 0.6 is 0 Å². The minimum Gasteiger partial charge on any atom is -0.356 e. The number of amides is 1. The normalized spacial score (nSPS) is 11.1. The van der Waals surface area contributed by atoms with E-state index in [0.29, 0.717) is 13.0 Å². The summed E-state index contributed by atoms with van der Waals surface area (Å²) in [7, 11) is 1.90. The van der Waals surface area contributed by atoms with Crippen LogP contribution in [0.1, 0.15) is 25.5 Å². The zero-order valence-electron chi connectivity index (χ0n) is 11.1. The van der Waals surface area contributed by atoms with Crippen molar-refractivity contribution < 1.29 is 4.79 Å². The Morgan fingerprint density at radius 2 is 2.28 bits per heavy atom. The molecule has 2 aromatic rings. The summed E-state index contributed by atoms with van der Waals surface area (Å²) in [5.74, 6) is 0.0713. The highest BCUT2D eigenvalue weighted by molar-refractivity contribution is 5.78. The van der Waals surface area contributed by atoms with E-state index in [-0.39, 0.29) is 5.91 Å². The zero-order chi connectivity index (χ0) is 13.1. The van der Waals surface area contributed by atoms with Gasteiger partial charge in [-0.15, -0.1) is 0 Å². The Kier molecular flexibility index (Phi) is 3.64. The summed E-state index contributed by atoms with van der Waals surface area (Å²) in [5.41, 5.74) is 2.96. The van der Waals surface area contributed by atoms with Gasteiger partial charge in [-0.3, -0.25) is 14.2 Å². The molecule has 0 bridgehead atoms. The number of hydrogen-bond acceptors (Lipinski definition) is 3. The highest BCUT2D eigenvalue weighted by Gasteiger charge is 2.12. The number of fused-ring (bicyclic) bond motifs is 1. The van der Waals surface area contributed by atoms with E-state index in [0.717, 1.165) is 29.7 Å². The highest BCUT2D eigenvalue weighted by atomic mass is 16.1. The first-order chi connectivity index (χ1) is 8.63. The molecule has 0 atom stereocenters. The number of aryl methyl sites for hydroxylation is 3. The van der Waals surface area contributed by atoms with Crippen molar-refractivity contribution >= 4 is 16.9 Å². The van der Waals surface area contributed by atoms with E-state index in [4.69, 9.17) is 0 Å². The van der Waals surface area contributed by atoms with Gasteiger partial charge in [0.25, 0.3) is 0 Å². The lowest BCUT2D eigenvalue weighted by Crippen LogP contribution is -2.25. The molecule has 0 saturated carbocycles. The molecule has 0 unspecified atom stereocenters. The van der Waals surface area contributed by atoms with Gasteiger partial charge in [0.05, 0.1) is 18.4 Å². The monoisotopic (exact) mass is 249 g/mol. The van der Waals surface area contributed by atoms with E-state index in [1.165, 1.54) is 0 Å². The number of rotatable bonds is 5. The van der Waals surface area contributed by atoms with E-state index < -0.39 is 0 Å². The van der Waals surface area contributed by atoms with E-state index in [9.17, 15) is 4.79 Å². The molecule has 98 valence electrons. The number of nitrogens with one attached hydrogen (secondary N) is 1. The molecule has 2 aromatic heterocycles. The van der Waals surface area contributed by atoms with Gasteiger partial charge in [-0.05, 0) is 13.3 Å². The minimum absolute atomic E-state index is 0.0713. The molecule has 0 spiro atoms. The maximum Gasteiger partial charge on any atom is 0.221 e. The van der Waals surface area contributed by atoms with Gasteiger partial charge in [0.1, 0.15) is 11.0 Å². The summed E-state index contributed by atoms with van der Waals surface area (Å²) in [5, 5.41) is 11.5. The van der Waals surface area contributed by atoms with E-state index >= 15 is 0 Å². The molecule has 6 heteroatoms. The van der Waals surface area contributed by atoms with Crippen molar-refractivity contribution in [1.29, 1.82) is 0 Å². The Labute approximate surface area is 106 Å². The Balaban J connectivity index is 2.06. The fourth-order valence-electron chi connectivity index (χ4n) is 2.04. The number of carbonyl (C=O) groups is 1. The predicted octanol–water partition coefficient (Wildman–Crippen LogP) is 0.995. The molecule has 0 radical (unpaired) electrons. The largest absolute Gasteiger partial charge is 0.356 e. The fourth-order valence-corrected chi connectivity index (χ4v) is 2.04. The van der Waals surface area contributed by atoms with Crippen LogP contribution in [-0.2, 0) is 18.4 Å². The van der Waals surface area contributed by atoms with Crippen LogP contribution in [0.25, 0.3) is 11.0 Å². The van der Waals surface area contributed by atoms with Crippen molar-refractivity contribution in [3.8, 4) is 0 Å². The second kappa shape index (κ2) is 5.20. The molecule has 1 N–H and O–H groups in total. The van der Waals surface area contributed by atoms with E-state index in [2.05, 4.69) is 15.5 Å². The molecular weight excluding hydrogens is 230 g/mol. The van der Waals surface area contributed by atoms with Gasteiger partial charge in [-0.25, -0.2) is 0 Å². The molecule has 0 saturated heterocycles. The third-order valence-electron chi connectivity index (χ3n) is 2.93. The summed E-state index contributed by atoms with van der Waals surface area (Å²) in [4.78, 5) is 11.6. The molecule has 0 aliphatic rings. The summed E-state index contributed by atoms with van der Waals surface area (Å²) in [6, 6.07) is 0. The van der Waals surface area contributed by atoms with Gasteiger partial charge in [0.15, 0.2) is 0 Å². The van der Waals surface area contributed by atoms with Crippen LogP contribution < -0.4 is 5.32 Å². The Bertz CT molecular complexity index is 554. The maximum atomic E-state index is 11.6. The first kappa shape index (κ1) is 12.6. The van der Waals surface area contributed by atoms with Crippen LogP contribution in [0.2, 0.25) is 0 Å².